The summed E-state index contributed by atoms with van der Waals surface area (Å²) in [6, 6.07) is 0. The van der Waals surface area contributed by atoms with Crippen molar-refractivity contribution in [2.24, 2.45) is 11.3 Å². The van der Waals surface area contributed by atoms with Gasteiger partial charge < -0.3 is 10.1 Å². The Morgan fingerprint density at radius 2 is 2.13 bits per heavy atom. The minimum absolute atomic E-state index is 0.464. The Labute approximate surface area is 93.8 Å². The molecule has 0 amide bonds. The molecule has 2 heteroatoms. The Balaban J connectivity index is 2.00. The first kappa shape index (κ1) is 11.4. The Morgan fingerprint density at radius 3 is 2.73 bits per heavy atom. The van der Waals surface area contributed by atoms with Crippen LogP contribution in [0.15, 0.2) is 0 Å². The van der Waals surface area contributed by atoms with E-state index < -0.39 is 0 Å². The average Bonchev–Trinajstić information content (AvgIpc) is 2.99. The summed E-state index contributed by atoms with van der Waals surface area (Å²) in [4.78, 5) is 0. The molecule has 1 saturated heterocycles. The zero-order valence-corrected chi connectivity index (χ0v) is 10.2. The zero-order chi connectivity index (χ0) is 10.7. The van der Waals surface area contributed by atoms with Crippen molar-refractivity contribution in [2.75, 3.05) is 19.7 Å². The van der Waals surface area contributed by atoms with Crippen molar-refractivity contribution in [3.05, 3.63) is 0 Å². The summed E-state index contributed by atoms with van der Waals surface area (Å²) in [7, 11) is 0. The topological polar surface area (TPSA) is 21.3 Å². The third-order valence-electron chi connectivity index (χ3n) is 4.03. The first-order chi connectivity index (χ1) is 7.32. The molecule has 2 aliphatic rings. The van der Waals surface area contributed by atoms with E-state index in [0.29, 0.717) is 11.5 Å². The van der Waals surface area contributed by atoms with Crippen LogP contribution >= 0.6 is 0 Å². The molecule has 1 heterocycles. The quantitative estimate of drug-likeness (QED) is 0.729. The highest BCUT2D eigenvalue weighted by Crippen LogP contribution is 2.49. The standard InChI is InChI=1S/C13H25NO/c1-3-7-13(10-14-4-2)8-9-15-12(13)11-5-6-11/h11-12,14H,3-10H2,1-2H3. The van der Waals surface area contributed by atoms with Crippen molar-refractivity contribution in [3.63, 3.8) is 0 Å². The number of hydrogen-bond donors (Lipinski definition) is 1. The van der Waals surface area contributed by atoms with Gasteiger partial charge in [0, 0.05) is 18.6 Å². The normalized spacial score (nSPS) is 36.0. The molecule has 2 rings (SSSR count). The predicted molar refractivity (Wildman–Crippen MR) is 63.0 cm³/mol. The summed E-state index contributed by atoms with van der Waals surface area (Å²) in [5, 5.41) is 3.55. The Hall–Kier alpha value is -0.0800. The van der Waals surface area contributed by atoms with Crippen LogP contribution in [0.4, 0.5) is 0 Å². The fourth-order valence-electron chi connectivity index (χ4n) is 3.16. The minimum Gasteiger partial charge on any atom is -0.377 e. The molecular weight excluding hydrogens is 186 g/mol. The summed E-state index contributed by atoms with van der Waals surface area (Å²) in [6.07, 6.45) is 7.27. The summed E-state index contributed by atoms with van der Waals surface area (Å²) >= 11 is 0. The number of nitrogens with one attached hydrogen (secondary N) is 1. The van der Waals surface area contributed by atoms with Gasteiger partial charge in [0.2, 0.25) is 0 Å². The van der Waals surface area contributed by atoms with E-state index >= 15 is 0 Å². The van der Waals surface area contributed by atoms with Crippen LogP contribution in [0.2, 0.25) is 0 Å². The smallest absolute Gasteiger partial charge is 0.0672 e. The maximum atomic E-state index is 6.00. The van der Waals surface area contributed by atoms with Crippen LogP contribution in [-0.2, 0) is 4.74 Å². The van der Waals surface area contributed by atoms with E-state index in [4.69, 9.17) is 4.74 Å². The second-order valence-electron chi connectivity index (χ2n) is 5.27. The summed E-state index contributed by atoms with van der Waals surface area (Å²) in [6.45, 7) is 7.74. The molecule has 1 N–H and O–H groups in total. The number of ether oxygens (including phenoxy) is 1. The lowest BCUT2D eigenvalue weighted by Crippen LogP contribution is -2.41. The highest BCUT2D eigenvalue weighted by Gasteiger charge is 2.49. The van der Waals surface area contributed by atoms with Crippen molar-refractivity contribution >= 4 is 0 Å². The molecule has 0 aromatic heterocycles. The van der Waals surface area contributed by atoms with E-state index in [2.05, 4.69) is 19.2 Å². The van der Waals surface area contributed by atoms with E-state index in [-0.39, 0.29) is 0 Å². The van der Waals surface area contributed by atoms with Crippen molar-refractivity contribution in [3.8, 4) is 0 Å². The van der Waals surface area contributed by atoms with Crippen LogP contribution in [0.5, 0.6) is 0 Å². The molecular formula is C13H25NO. The van der Waals surface area contributed by atoms with Gasteiger partial charge in [-0.3, -0.25) is 0 Å². The van der Waals surface area contributed by atoms with Gasteiger partial charge in [0.25, 0.3) is 0 Å². The molecule has 1 saturated carbocycles. The lowest BCUT2D eigenvalue weighted by atomic mass is 9.75. The molecule has 88 valence electrons. The number of hydrogen-bond acceptors (Lipinski definition) is 2. The van der Waals surface area contributed by atoms with Crippen molar-refractivity contribution < 1.29 is 4.74 Å². The molecule has 15 heavy (non-hydrogen) atoms. The molecule has 0 radical (unpaired) electrons. The van der Waals surface area contributed by atoms with Gasteiger partial charge in [-0.2, -0.15) is 0 Å². The molecule has 2 atom stereocenters. The van der Waals surface area contributed by atoms with Crippen LogP contribution in [-0.4, -0.2) is 25.8 Å². The lowest BCUT2D eigenvalue weighted by molar-refractivity contribution is 0.0264. The van der Waals surface area contributed by atoms with E-state index in [1.807, 2.05) is 0 Å². The van der Waals surface area contributed by atoms with Gasteiger partial charge in [0.1, 0.15) is 0 Å². The second-order valence-corrected chi connectivity index (χ2v) is 5.27. The van der Waals surface area contributed by atoms with Crippen LogP contribution < -0.4 is 5.32 Å². The Bertz CT molecular complexity index is 203. The first-order valence-electron chi connectivity index (χ1n) is 6.64. The molecule has 0 aromatic rings. The monoisotopic (exact) mass is 211 g/mol. The fraction of sp³-hybridized carbons (Fsp3) is 1.00. The first-order valence-corrected chi connectivity index (χ1v) is 6.64. The van der Waals surface area contributed by atoms with Crippen LogP contribution in [0.1, 0.15) is 46.0 Å². The molecule has 0 aromatic carbocycles. The van der Waals surface area contributed by atoms with Crippen LogP contribution in [0.25, 0.3) is 0 Å². The highest BCUT2D eigenvalue weighted by atomic mass is 16.5. The molecule has 2 unspecified atom stereocenters. The molecule has 0 bridgehead atoms. The fourth-order valence-corrected chi connectivity index (χ4v) is 3.16. The van der Waals surface area contributed by atoms with Gasteiger partial charge >= 0.3 is 0 Å². The van der Waals surface area contributed by atoms with Crippen molar-refractivity contribution in [1.82, 2.24) is 5.32 Å². The Kier molecular flexibility index (Phi) is 3.68. The van der Waals surface area contributed by atoms with Gasteiger partial charge in [-0.15, -0.1) is 0 Å². The lowest BCUT2D eigenvalue weighted by Gasteiger charge is -2.34. The van der Waals surface area contributed by atoms with Crippen molar-refractivity contribution in [1.29, 1.82) is 0 Å². The minimum atomic E-state index is 0.464. The number of rotatable bonds is 6. The maximum Gasteiger partial charge on any atom is 0.0672 e. The van der Waals surface area contributed by atoms with Gasteiger partial charge in [-0.05, 0) is 38.1 Å². The van der Waals surface area contributed by atoms with Crippen LogP contribution in [0, 0.1) is 11.3 Å². The highest BCUT2D eigenvalue weighted by molar-refractivity contribution is 5.00. The molecule has 2 nitrogen and oxygen atoms in total. The van der Waals surface area contributed by atoms with E-state index in [9.17, 15) is 0 Å². The molecule has 1 aliphatic heterocycles. The predicted octanol–water partition coefficient (Wildman–Crippen LogP) is 2.58. The van der Waals surface area contributed by atoms with Crippen molar-refractivity contribution in [2.45, 2.75) is 52.1 Å². The molecule has 0 spiro atoms. The third kappa shape index (κ3) is 2.36. The second kappa shape index (κ2) is 4.84. The van der Waals surface area contributed by atoms with Gasteiger partial charge in [-0.1, -0.05) is 20.3 Å². The van der Waals surface area contributed by atoms with Gasteiger partial charge in [0.15, 0.2) is 0 Å². The van der Waals surface area contributed by atoms with E-state index in [1.165, 1.54) is 38.6 Å². The summed E-state index contributed by atoms with van der Waals surface area (Å²) < 4.78 is 6.00. The molecule has 2 fully saturated rings. The zero-order valence-electron chi connectivity index (χ0n) is 10.2. The van der Waals surface area contributed by atoms with E-state index in [0.717, 1.165) is 19.1 Å². The summed E-state index contributed by atoms with van der Waals surface area (Å²) in [5.74, 6) is 0.887. The average molecular weight is 211 g/mol. The Morgan fingerprint density at radius 1 is 1.33 bits per heavy atom. The van der Waals surface area contributed by atoms with Crippen LogP contribution in [0.3, 0.4) is 0 Å². The van der Waals surface area contributed by atoms with Gasteiger partial charge in [0.05, 0.1) is 6.10 Å². The third-order valence-corrected chi connectivity index (χ3v) is 4.03. The summed E-state index contributed by atoms with van der Waals surface area (Å²) in [5.41, 5.74) is 0.464. The molecule has 1 aliphatic carbocycles. The largest absolute Gasteiger partial charge is 0.377 e. The SMILES string of the molecule is CCCC1(CNCC)CCOC1C1CC1. The van der Waals surface area contributed by atoms with E-state index in [1.54, 1.807) is 0 Å². The maximum absolute atomic E-state index is 6.00. The van der Waals surface area contributed by atoms with Gasteiger partial charge in [-0.25, -0.2) is 0 Å².